The summed E-state index contributed by atoms with van der Waals surface area (Å²) in [4.78, 5) is 0. The first kappa shape index (κ1) is 20.5. The average molecular weight is 451 g/mol. The van der Waals surface area contributed by atoms with Crippen LogP contribution in [0.2, 0.25) is 0 Å². The van der Waals surface area contributed by atoms with Crippen LogP contribution in [0.5, 0.6) is 11.5 Å². The number of methoxy groups -OCH3 is 1. The van der Waals surface area contributed by atoms with Crippen LogP contribution in [0.25, 0.3) is 0 Å². The highest BCUT2D eigenvalue weighted by Gasteiger charge is 2.79. The van der Waals surface area contributed by atoms with E-state index in [1.54, 1.807) is 13.2 Å². The number of aliphatic hydroxyl groups is 1. The van der Waals surface area contributed by atoms with Gasteiger partial charge in [-0.2, -0.15) is 0 Å². The molecular formula is C28H36NO4+. The lowest BCUT2D eigenvalue weighted by molar-refractivity contribution is -0.568. The maximum absolute atomic E-state index is 12.0. The van der Waals surface area contributed by atoms with E-state index in [0.29, 0.717) is 17.7 Å². The van der Waals surface area contributed by atoms with Crippen molar-refractivity contribution in [2.45, 2.75) is 88.6 Å². The van der Waals surface area contributed by atoms with Gasteiger partial charge in [0.05, 0.1) is 11.0 Å². The molecule has 176 valence electrons. The molecule has 3 fully saturated rings. The highest BCUT2D eigenvalue weighted by molar-refractivity contribution is 5.70. The summed E-state index contributed by atoms with van der Waals surface area (Å²) in [5, 5.41) is 22.9. The van der Waals surface area contributed by atoms with Gasteiger partial charge in [-0.15, -0.1) is 0 Å². The van der Waals surface area contributed by atoms with Crippen LogP contribution in [0.4, 0.5) is 0 Å². The van der Waals surface area contributed by atoms with Gasteiger partial charge in [-0.3, -0.25) is 0 Å². The first-order valence-electron chi connectivity index (χ1n) is 12.7. The predicted molar refractivity (Wildman–Crippen MR) is 125 cm³/mol. The van der Waals surface area contributed by atoms with Crippen LogP contribution in [0.1, 0.15) is 64.5 Å². The van der Waals surface area contributed by atoms with Crippen LogP contribution in [-0.2, 0) is 16.6 Å². The highest BCUT2D eigenvalue weighted by Crippen LogP contribution is 2.73. The number of nitrogens with zero attached hydrogens (tertiary/aromatic N) is 1. The van der Waals surface area contributed by atoms with Crippen molar-refractivity contribution in [3.05, 3.63) is 34.4 Å². The lowest BCUT2D eigenvalue weighted by Gasteiger charge is -2.68. The maximum Gasteiger partial charge on any atom is 0.179 e. The predicted octanol–water partition coefficient (Wildman–Crippen LogP) is 3.73. The molecule has 5 heteroatoms. The normalized spacial score (nSPS) is 40.8. The van der Waals surface area contributed by atoms with Crippen LogP contribution in [-0.4, -0.2) is 58.0 Å². The van der Waals surface area contributed by atoms with Gasteiger partial charge in [0.15, 0.2) is 17.5 Å². The third-order valence-electron chi connectivity index (χ3n) is 10.3. The molecule has 2 aliphatic heterocycles. The van der Waals surface area contributed by atoms with E-state index in [1.165, 1.54) is 35.1 Å². The molecule has 2 N–H and O–H groups in total. The molecule has 4 bridgehead atoms. The van der Waals surface area contributed by atoms with Gasteiger partial charge in [-0.25, -0.2) is 4.58 Å². The van der Waals surface area contributed by atoms with Crippen molar-refractivity contribution in [1.29, 1.82) is 0 Å². The molecule has 1 aromatic carbocycles. The van der Waals surface area contributed by atoms with Crippen LogP contribution < -0.4 is 4.74 Å². The van der Waals surface area contributed by atoms with Crippen LogP contribution >= 0.6 is 0 Å². The summed E-state index contributed by atoms with van der Waals surface area (Å²) >= 11 is 0. The van der Waals surface area contributed by atoms with Crippen molar-refractivity contribution in [2.75, 3.05) is 13.7 Å². The summed E-state index contributed by atoms with van der Waals surface area (Å²) in [6.07, 6.45) is 7.58. The van der Waals surface area contributed by atoms with Gasteiger partial charge in [0.1, 0.15) is 24.5 Å². The Kier molecular flexibility index (Phi) is 3.64. The summed E-state index contributed by atoms with van der Waals surface area (Å²) in [6.45, 7) is 9.35. The molecule has 1 saturated heterocycles. The Labute approximate surface area is 196 Å². The topological polar surface area (TPSA) is 61.9 Å². The molecule has 5 aliphatic carbocycles. The number of benzene rings is 1. The van der Waals surface area contributed by atoms with E-state index >= 15 is 0 Å². The SMILES string of the molecule is CO[C@@]12CC(=C3C4Cc5ccc(O)c6c5[C@@]3(CC[N+]4=CC3CC3)[C@H]1O6)[C@@H]2C(C)(O)C(C)(C)C. The van der Waals surface area contributed by atoms with Gasteiger partial charge < -0.3 is 19.7 Å². The molecule has 2 saturated carbocycles. The minimum absolute atomic E-state index is 0.121. The molecule has 5 nitrogen and oxygen atoms in total. The molecule has 7 aliphatic rings. The van der Waals surface area contributed by atoms with Crippen LogP contribution in [0, 0.1) is 17.3 Å². The van der Waals surface area contributed by atoms with Crippen LogP contribution in [0.3, 0.4) is 0 Å². The molecular weight excluding hydrogens is 414 g/mol. The third kappa shape index (κ3) is 2.16. The Morgan fingerprint density at radius 3 is 2.64 bits per heavy atom. The fraction of sp³-hybridized carbons (Fsp3) is 0.679. The zero-order valence-electron chi connectivity index (χ0n) is 20.4. The lowest BCUT2D eigenvalue weighted by atomic mass is 9.39. The average Bonchev–Trinajstić information content (AvgIpc) is 3.47. The molecule has 8 rings (SSSR count). The van der Waals surface area contributed by atoms with Gasteiger partial charge >= 0.3 is 0 Å². The van der Waals surface area contributed by atoms with E-state index in [1.807, 2.05) is 6.92 Å². The number of hydrogen-bond acceptors (Lipinski definition) is 4. The maximum atomic E-state index is 12.0. The minimum atomic E-state index is -0.953. The van der Waals surface area contributed by atoms with Gasteiger partial charge in [-0.05, 0) is 36.8 Å². The van der Waals surface area contributed by atoms with Crippen molar-refractivity contribution in [1.82, 2.24) is 0 Å². The first-order valence-corrected chi connectivity index (χ1v) is 12.7. The number of piperidine rings is 1. The Hall–Kier alpha value is -1.85. The van der Waals surface area contributed by atoms with E-state index < -0.39 is 11.2 Å². The second-order valence-corrected chi connectivity index (χ2v) is 12.7. The molecule has 2 unspecified atom stereocenters. The fourth-order valence-electron chi connectivity index (χ4n) is 8.18. The van der Waals surface area contributed by atoms with Crippen LogP contribution in [0.15, 0.2) is 23.3 Å². The van der Waals surface area contributed by atoms with E-state index in [9.17, 15) is 10.2 Å². The Bertz CT molecular complexity index is 1150. The van der Waals surface area contributed by atoms with E-state index in [4.69, 9.17) is 9.47 Å². The zero-order valence-corrected chi connectivity index (χ0v) is 20.4. The second-order valence-electron chi connectivity index (χ2n) is 12.7. The Balaban J connectivity index is 1.53. The second kappa shape index (κ2) is 5.85. The molecule has 6 atom stereocenters. The smallest absolute Gasteiger partial charge is 0.179 e. The molecule has 2 heterocycles. The first-order chi connectivity index (χ1) is 15.6. The third-order valence-corrected chi connectivity index (χ3v) is 10.3. The number of phenols is 1. The summed E-state index contributed by atoms with van der Waals surface area (Å²) in [7, 11) is 1.79. The number of hydrogen-bond donors (Lipinski definition) is 2. The summed E-state index contributed by atoms with van der Waals surface area (Å²) in [5.74, 6) is 1.49. The van der Waals surface area contributed by atoms with Crippen molar-refractivity contribution in [3.63, 3.8) is 0 Å². The molecule has 33 heavy (non-hydrogen) atoms. The van der Waals surface area contributed by atoms with E-state index in [2.05, 4.69) is 37.6 Å². The van der Waals surface area contributed by atoms with E-state index in [-0.39, 0.29) is 28.6 Å². The van der Waals surface area contributed by atoms with Crippen molar-refractivity contribution >= 4 is 6.21 Å². The minimum Gasteiger partial charge on any atom is -0.504 e. The molecule has 0 aromatic heterocycles. The largest absolute Gasteiger partial charge is 0.504 e. The molecule has 1 spiro atoms. The van der Waals surface area contributed by atoms with Gasteiger partial charge in [0, 0.05) is 49.3 Å². The molecule has 1 aromatic rings. The van der Waals surface area contributed by atoms with Crippen molar-refractivity contribution < 1.29 is 24.3 Å². The molecule has 0 radical (unpaired) electrons. The number of ether oxygens (including phenoxy) is 2. The Morgan fingerprint density at radius 2 is 1.97 bits per heavy atom. The van der Waals surface area contributed by atoms with Gasteiger partial charge in [0.2, 0.25) is 0 Å². The zero-order chi connectivity index (χ0) is 23.1. The van der Waals surface area contributed by atoms with E-state index in [0.717, 1.165) is 25.8 Å². The van der Waals surface area contributed by atoms with Gasteiger partial charge in [0.25, 0.3) is 0 Å². The monoisotopic (exact) mass is 450 g/mol. The summed E-state index contributed by atoms with van der Waals surface area (Å²) in [5.41, 5.74) is 3.25. The summed E-state index contributed by atoms with van der Waals surface area (Å²) < 4.78 is 15.8. The summed E-state index contributed by atoms with van der Waals surface area (Å²) in [6, 6.07) is 4.22. The number of aromatic hydroxyl groups is 1. The van der Waals surface area contributed by atoms with Gasteiger partial charge in [-0.1, -0.05) is 32.4 Å². The molecule has 0 amide bonds. The Morgan fingerprint density at radius 1 is 1.21 bits per heavy atom. The highest BCUT2D eigenvalue weighted by atomic mass is 16.6. The lowest BCUT2D eigenvalue weighted by Crippen LogP contribution is -2.78. The fourth-order valence-corrected chi connectivity index (χ4v) is 8.18. The standard InChI is InChI=1S/C28H35NO4/c1-25(2,3)26(4,31)23-17-13-28(23,32-5)24-27-10-11-29(14-15-6-7-15)18(21(17)27)12-16-8-9-19(30)22(33-24)20(16)27/h8-9,14-15,18,23-24,31H,6-7,10-13H2,1-5H3/p+1/t18?,23-,24-,26?,27-,28-/m1/s1. The number of phenolic OH excluding ortho intramolecular Hbond substituents is 1. The van der Waals surface area contributed by atoms with Crippen molar-refractivity contribution in [3.8, 4) is 11.5 Å². The number of rotatable bonds is 3. The van der Waals surface area contributed by atoms with Crippen molar-refractivity contribution in [2.24, 2.45) is 17.3 Å². The quantitative estimate of drug-likeness (QED) is 0.544.